The molecular weight excluding hydrogens is 420 g/mol. The molecule has 0 saturated heterocycles. The number of benzene rings is 3. The van der Waals surface area contributed by atoms with E-state index in [2.05, 4.69) is 10.6 Å². The van der Waals surface area contributed by atoms with E-state index in [-0.39, 0.29) is 28.3 Å². The fourth-order valence-corrected chi connectivity index (χ4v) is 3.29. The largest absolute Gasteiger partial charge is 0.326 e. The lowest BCUT2D eigenvalue weighted by Gasteiger charge is -2.14. The van der Waals surface area contributed by atoms with Gasteiger partial charge >= 0.3 is 0 Å². The van der Waals surface area contributed by atoms with E-state index in [0.717, 1.165) is 17.0 Å². The van der Waals surface area contributed by atoms with Crippen LogP contribution in [0, 0.1) is 11.6 Å². The third-order valence-corrected chi connectivity index (χ3v) is 4.77. The van der Waals surface area contributed by atoms with E-state index in [1.807, 2.05) is 0 Å². The minimum absolute atomic E-state index is 0.0395. The Hall–Kier alpha value is -4.40. The number of nitrogens with zero attached hydrogens (tertiary/aromatic N) is 1. The zero-order valence-electron chi connectivity index (χ0n) is 16.6. The maximum atomic E-state index is 13.4. The summed E-state index contributed by atoms with van der Waals surface area (Å²) in [7, 11) is 0. The van der Waals surface area contributed by atoms with Crippen molar-refractivity contribution in [1.82, 2.24) is 0 Å². The van der Waals surface area contributed by atoms with Crippen LogP contribution in [0.5, 0.6) is 0 Å². The molecule has 32 heavy (non-hydrogen) atoms. The van der Waals surface area contributed by atoms with E-state index in [1.165, 1.54) is 43.3 Å². The minimum Gasteiger partial charge on any atom is -0.326 e. The van der Waals surface area contributed by atoms with Crippen molar-refractivity contribution in [2.75, 3.05) is 15.5 Å². The number of nitrogens with one attached hydrogen (secondary N) is 2. The van der Waals surface area contributed by atoms with Crippen LogP contribution in [0.4, 0.5) is 25.8 Å². The van der Waals surface area contributed by atoms with E-state index in [0.29, 0.717) is 11.4 Å². The molecule has 4 amide bonds. The lowest BCUT2D eigenvalue weighted by Crippen LogP contribution is -2.29. The van der Waals surface area contributed by atoms with Gasteiger partial charge in [-0.25, -0.2) is 13.7 Å². The molecule has 0 saturated carbocycles. The van der Waals surface area contributed by atoms with Crippen LogP contribution in [0.15, 0.2) is 60.7 Å². The van der Waals surface area contributed by atoms with Gasteiger partial charge in [-0.1, -0.05) is 0 Å². The van der Waals surface area contributed by atoms with Gasteiger partial charge in [0.2, 0.25) is 5.91 Å². The SMILES string of the molecule is CC(=O)Nc1ccc(N2C(=O)c3ccc(C(=O)Nc4ccc(F)c(F)c4)cc3C2=O)cc1. The fraction of sp³-hybridized carbons (Fsp3) is 0.0435. The van der Waals surface area contributed by atoms with Crippen LogP contribution >= 0.6 is 0 Å². The van der Waals surface area contributed by atoms with E-state index in [4.69, 9.17) is 0 Å². The molecule has 3 aromatic rings. The molecule has 0 fully saturated rings. The molecule has 0 radical (unpaired) electrons. The smallest absolute Gasteiger partial charge is 0.266 e. The molecule has 0 aliphatic carbocycles. The summed E-state index contributed by atoms with van der Waals surface area (Å²) in [5.41, 5.74) is 1.09. The Morgan fingerprint density at radius 3 is 2.06 bits per heavy atom. The molecular formula is C23H15F2N3O4. The molecule has 9 heteroatoms. The summed E-state index contributed by atoms with van der Waals surface area (Å²) in [6.45, 7) is 1.36. The van der Waals surface area contributed by atoms with Crippen molar-refractivity contribution >= 4 is 40.7 Å². The van der Waals surface area contributed by atoms with Crippen LogP contribution in [-0.4, -0.2) is 23.6 Å². The number of carbonyl (C=O) groups is 4. The van der Waals surface area contributed by atoms with Gasteiger partial charge in [0.15, 0.2) is 11.6 Å². The first-order valence-electron chi connectivity index (χ1n) is 9.41. The lowest BCUT2D eigenvalue weighted by atomic mass is 10.1. The Bertz CT molecular complexity index is 1290. The molecule has 1 heterocycles. The Kier molecular flexibility index (Phi) is 5.23. The summed E-state index contributed by atoms with van der Waals surface area (Å²) in [5.74, 6) is -4.23. The molecule has 160 valence electrons. The highest BCUT2D eigenvalue weighted by Crippen LogP contribution is 2.30. The number of imide groups is 1. The van der Waals surface area contributed by atoms with Gasteiger partial charge in [-0.2, -0.15) is 0 Å². The predicted octanol–water partition coefficient (Wildman–Crippen LogP) is 3.98. The Morgan fingerprint density at radius 2 is 1.41 bits per heavy atom. The topological polar surface area (TPSA) is 95.6 Å². The molecule has 0 unspecified atom stereocenters. The summed E-state index contributed by atoms with van der Waals surface area (Å²) < 4.78 is 26.4. The van der Waals surface area contributed by atoms with Crippen molar-refractivity contribution < 1.29 is 28.0 Å². The van der Waals surface area contributed by atoms with Gasteiger partial charge < -0.3 is 10.6 Å². The van der Waals surface area contributed by atoms with Crippen LogP contribution in [0.1, 0.15) is 38.0 Å². The van der Waals surface area contributed by atoms with Gasteiger partial charge in [0, 0.05) is 29.9 Å². The Labute approximate surface area is 180 Å². The zero-order chi connectivity index (χ0) is 23.0. The molecule has 0 bridgehead atoms. The normalized spacial score (nSPS) is 12.5. The lowest BCUT2D eigenvalue weighted by molar-refractivity contribution is -0.114. The number of carbonyl (C=O) groups excluding carboxylic acids is 4. The first-order valence-corrected chi connectivity index (χ1v) is 9.41. The number of hydrogen-bond acceptors (Lipinski definition) is 4. The van der Waals surface area contributed by atoms with Crippen LogP contribution in [0.25, 0.3) is 0 Å². The van der Waals surface area contributed by atoms with Crippen molar-refractivity contribution in [2.45, 2.75) is 6.92 Å². The van der Waals surface area contributed by atoms with Crippen LogP contribution in [0.3, 0.4) is 0 Å². The predicted molar refractivity (Wildman–Crippen MR) is 113 cm³/mol. The maximum absolute atomic E-state index is 13.4. The van der Waals surface area contributed by atoms with E-state index >= 15 is 0 Å². The van der Waals surface area contributed by atoms with E-state index < -0.39 is 29.4 Å². The second kappa shape index (κ2) is 8.03. The van der Waals surface area contributed by atoms with Gasteiger partial charge in [0.1, 0.15) is 0 Å². The summed E-state index contributed by atoms with van der Waals surface area (Å²) in [6.07, 6.45) is 0. The van der Waals surface area contributed by atoms with Gasteiger partial charge in [0.25, 0.3) is 17.7 Å². The summed E-state index contributed by atoms with van der Waals surface area (Å²) >= 11 is 0. The quantitative estimate of drug-likeness (QED) is 0.606. The van der Waals surface area contributed by atoms with Gasteiger partial charge in [-0.15, -0.1) is 0 Å². The van der Waals surface area contributed by atoms with Crippen LogP contribution in [-0.2, 0) is 4.79 Å². The van der Waals surface area contributed by atoms with E-state index in [1.54, 1.807) is 12.1 Å². The van der Waals surface area contributed by atoms with Crippen molar-refractivity contribution in [2.24, 2.45) is 0 Å². The molecule has 0 atom stereocenters. The van der Waals surface area contributed by atoms with Gasteiger partial charge in [-0.05, 0) is 54.6 Å². The number of halogens is 2. The van der Waals surface area contributed by atoms with Crippen molar-refractivity contribution in [1.29, 1.82) is 0 Å². The maximum Gasteiger partial charge on any atom is 0.266 e. The molecule has 3 aromatic carbocycles. The Morgan fingerprint density at radius 1 is 0.750 bits per heavy atom. The Balaban J connectivity index is 1.57. The average Bonchev–Trinajstić information content (AvgIpc) is 3.01. The summed E-state index contributed by atoms with van der Waals surface area (Å²) in [6, 6.07) is 13.1. The molecule has 1 aliphatic rings. The van der Waals surface area contributed by atoms with Crippen molar-refractivity contribution in [3.05, 3.63) is 89.0 Å². The van der Waals surface area contributed by atoms with Gasteiger partial charge in [-0.3, -0.25) is 19.2 Å². The van der Waals surface area contributed by atoms with Crippen LogP contribution in [0.2, 0.25) is 0 Å². The average molecular weight is 435 g/mol. The highest BCUT2D eigenvalue weighted by Gasteiger charge is 2.37. The number of hydrogen-bond donors (Lipinski definition) is 2. The monoisotopic (exact) mass is 435 g/mol. The second-order valence-corrected chi connectivity index (χ2v) is 7.02. The third-order valence-electron chi connectivity index (χ3n) is 4.77. The molecule has 4 rings (SSSR count). The molecule has 7 nitrogen and oxygen atoms in total. The summed E-state index contributed by atoms with van der Waals surface area (Å²) in [4.78, 5) is 50.3. The van der Waals surface area contributed by atoms with Gasteiger partial charge in [0.05, 0.1) is 16.8 Å². The van der Waals surface area contributed by atoms with Crippen molar-refractivity contribution in [3.63, 3.8) is 0 Å². The zero-order valence-corrected chi connectivity index (χ0v) is 16.6. The number of amides is 4. The molecule has 0 spiro atoms. The standard InChI is InChI=1S/C23H15F2N3O4/c1-12(29)26-14-3-6-16(7-4-14)28-22(31)17-8-2-13(10-18(17)23(28)32)21(30)27-15-5-9-19(24)20(25)11-15/h2-11H,1H3,(H,26,29)(H,27,30). The first-order chi connectivity index (χ1) is 15.2. The highest BCUT2D eigenvalue weighted by atomic mass is 19.2. The third kappa shape index (κ3) is 3.83. The fourth-order valence-electron chi connectivity index (χ4n) is 3.29. The van der Waals surface area contributed by atoms with Crippen molar-refractivity contribution in [3.8, 4) is 0 Å². The summed E-state index contributed by atoms with van der Waals surface area (Å²) in [5, 5.41) is 5.01. The molecule has 1 aliphatic heterocycles. The van der Waals surface area contributed by atoms with Crippen LogP contribution < -0.4 is 15.5 Å². The molecule has 2 N–H and O–H groups in total. The first kappa shape index (κ1) is 20.9. The number of anilines is 3. The highest BCUT2D eigenvalue weighted by molar-refractivity contribution is 6.34. The molecule has 0 aromatic heterocycles. The minimum atomic E-state index is -1.11. The number of rotatable bonds is 4. The van der Waals surface area contributed by atoms with E-state index in [9.17, 15) is 28.0 Å². The number of fused-ring (bicyclic) bond motifs is 1. The second-order valence-electron chi connectivity index (χ2n) is 7.02.